The van der Waals surface area contributed by atoms with Crippen LogP contribution in [0, 0.1) is 0 Å². The van der Waals surface area contributed by atoms with E-state index >= 15 is 0 Å². The largest absolute Gasteiger partial charge is 0.338 e. The molecule has 0 bridgehead atoms. The van der Waals surface area contributed by atoms with Crippen molar-refractivity contribution in [2.45, 2.75) is 0 Å². The molecule has 0 unspecified atom stereocenters. The standard InChI is InChI=1S/C30H20N6O/c37-30(23-11-5-8-19-7-1-2-9-22(19)23)32-21-16-14-20(15-17-21)28-34-35-29-24-10-3-4-12-25(24)33-27-26(36(28)29)13-6-18-31-27/h1-18H,(H,31,33)(H,32,37). The van der Waals surface area contributed by atoms with E-state index in [4.69, 9.17) is 0 Å². The highest BCUT2D eigenvalue weighted by Crippen LogP contribution is 2.39. The maximum absolute atomic E-state index is 13.1. The first-order chi connectivity index (χ1) is 18.3. The fourth-order valence-electron chi connectivity index (χ4n) is 4.79. The number of pyridine rings is 1. The van der Waals surface area contributed by atoms with Crippen LogP contribution in [0.25, 0.3) is 39.2 Å². The van der Waals surface area contributed by atoms with Crippen LogP contribution in [0.1, 0.15) is 10.4 Å². The van der Waals surface area contributed by atoms with E-state index in [0.717, 1.165) is 44.9 Å². The number of carbonyl (C=O) groups is 1. The maximum Gasteiger partial charge on any atom is 0.256 e. The molecule has 6 aromatic rings. The molecule has 0 spiro atoms. The lowest BCUT2D eigenvalue weighted by Crippen LogP contribution is -2.12. The quantitative estimate of drug-likeness (QED) is 0.303. The predicted octanol–water partition coefficient (Wildman–Crippen LogP) is 6.46. The topological polar surface area (TPSA) is 84.7 Å². The normalized spacial score (nSPS) is 11.6. The zero-order valence-electron chi connectivity index (χ0n) is 19.6. The molecule has 2 N–H and O–H groups in total. The number of amides is 1. The first-order valence-electron chi connectivity index (χ1n) is 11.9. The van der Waals surface area contributed by atoms with Crippen molar-refractivity contribution < 1.29 is 4.79 Å². The molecule has 7 nitrogen and oxygen atoms in total. The first-order valence-corrected chi connectivity index (χ1v) is 11.9. The molecule has 176 valence electrons. The number of benzene rings is 4. The summed E-state index contributed by atoms with van der Waals surface area (Å²) in [4.78, 5) is 17.6. The van der Waals surface area contributed by atoms with E-state index in [1.165, 1.54) is 0 Å². The van der Waals surface area contributed by atoms with Gasteiger partial charge in [-0.05, 0) is 65.4 Å². The number of hydrogen-bond acceptors (Lipinski definition) is 5. The van der Waals surface area contributed by atoms with Crippen LogP contribution in [0.15, 0.2) is 109 Å². The van der Waals surface area contributed by atoms with Gasteiger partial charge in [0.15, 0.2) is 17.5 Å². The Balaban J connectivity index is 1.25. The summed E-state index contributed by atoms with van der Waals surface area (Å²) in [5.41, 5.74) is 4.94. The summed E-state index contributed by atoms with van der Waals surface area (Å²) >= 11 is 0. The van der Waals surface area contributed by atoms with E-state index in [2.05, 4.69) is 25.8 Å². The van der Waals surface area contributed by atoms with Crippen LogP contribution in [0.4, 0.5) is 17.2 Å². The second kappa shape index (κ2) is 8.42. The summed E-state index contributed by atoms with van der Waals surface area (Å²) in [6.45, 7) is 0. The van der Waals surface area contributed by atoms with Crippen LogP contribution in [-0.2, 0) is 0 Å². The monoisotopic (exact) mass is 480 g/mol. The van der Waals surface area contributed by atoms with Gasteiger partial charge in [0.2, 0.25) is 0 Å². The van der Waals surface area contributed by atoms with Crippen LogP contribution < -0.4 is 10.6 Å². The number of nitrogens with one attached hydrogen (secondary N) is 2. The fourth-order valence-corrected chi connectivity index (χ4v) is 4.79. The number of anilines is 3. The summed E-state index contributed by atoms with van der Waals surface area (Å²) in [5, 5.41) is 17.5. The second-order valence-electron chi connectivity index (χ2n) is 8.78. The summed E-state index contributed by atoms with van der Waals surface area (Å²) in [6.07, 6.45) is 1.76. The number of hydrogen-bond donors (Lipinski definition) is 2. The molecule has 37 heavy (non-hydrogen) atoms. The molecule has 7 heteroatoms. The Morgan fingerprint density at radius 2 is 1.54 bits per heavy atom. The van der Waals surface area contributed by atoms with Crippen LogP contribution >= 0.6 is 0 Å². The summed E-state index contributed by atoms with van der Waals surface area (Å²) < 4.78 is 2.02. The fraction of sp³-hybridized carbons (Fsp3) is 0. The average Bonchev–Trinajstić information content (AvgIpc) is 3.32. The Kier molecular flexibility index (Phi) is 4.79. The van der Waals surface area contributed by atoms with Gasteiger partial charge in [-0.2, -0.15) is 0 Å². The molecule has 2 aromatic heterocycles. The minimum atomic E-state index is -0.149. The molecule has 4 aromatic carbocycles. The minimum Gasteiger partial charge on any atom is -0.338 e. The smallest absolute Gasteiger partial charge is 0.256 e. The predicted molar refractivity (Wildman–Crippen MR) is 145 cm³/mol. The van der Waals surface area contributed by atoms with Gasteiger partial charge in [-0.15, -0.1) is 10.2 Å². The number of fused-ring (bicyclic) bond motifs is 6. The zero-order chi connectivity index (χ0) is 24.8. The number of carbonyl (C=O) groups excluding carboxylic acids is 1. The lowest BCUT2D eigenvalue weighted by Gasteiger charge is -2.12. The van der Waals surface area contributed by atoms with Crippen LogP contribution in [0.3, 0.4) is 0 Å². The highest BCUT2D eigenvalue weighted by atomic mass is 16.1. The molecule has 0 aliphatic carbocycles. The van der Waals surface area contributed by atoms with Crippen molar-refractivity contribution in [1.29, 1.82) is 0 Å². The number of aromatic nitrogens is 4. The lowest BCUT2D eigenvalue weighted by atomic mass is 10.0. The SMILES string of the molecule is O=C(Nc1ccc(-c2nnc3n2-c2cccnc2Nc2ccccc2-3)cc1)c1cccc2ccccc12. The van der Waals surface area contributed by atoms with Crippen molar-refractivity contribution in [2.75, 3.05) is 10.6 Å². The van der Waals surface area contributed by atoms with E-state index in [1.807, 2.05) is 108 Å². The van der Waals surface area contributed by atoms with Gasteiger partial charge in [-0.25, -0.2) is 4.98 Å². The minimum absolute atomic E-state index is 0.149. The zero-order valence-corrected chi connectivity index (χ0v) is 19.6. The van der Waals surface area contributed by atoms with Crippen LogP contribution in [0.5, 0.6) is 0 Å². The Hall–Kier alpha value is -5.30. The molecule has 7 rings (SSSR count). The number of para-hydroxylation sites is 1. The van der Waals surface area contributed by atoms with Crippen molar-refractivity contribution in [3.05, 3.63) is 115 Å². The highest BCUT2D eigenvalue weighted by Gasteiger charge is 2.24. The van der Waals surface area contributed by atoms with Gasteiger partial charge in [0.05, 0.1) is 11.4 Å². The summed E-state index contributed by atoms with van der Waals surface area (Å²) in [5.74, 6) is 2.00. The molecule has 0 fully saturated rings. The first kappa shape index (κ1) is 21.0. The Bertz CT molecular complexity index is 1800. The van der Waals surface area contributed by atoms with Crippen molar-refractivity contribution in [1.82, 2.24) is 19.7 Å². The van der Waals surface area contributed by atoms with Gasteiger partial charge >= 0.3 is 0 Å². The van der Waals surface area contributed by atoms with Gasteiger partial charge in [0.1, 0.15) is 0 Å². The Labute approximate surface area is 212 Å². The van der Waals surface area contributed by atoms with Gasteiger partial charge in [0, 0.05) is 28.6 Å². The number of rotatable bonds is 3. The average molecular weight is 481 g/mol. The Morgan fingerprint density at radius 3 is 2.46 bits per heavy atom. The molecule has 0 radical (unpaired) electrons. The lowest BCUT2D eigenvalue weighted by molar-refractivity contribution is 0.102. The third kappa shape index (κ3) is 3.52. The van der Waals surface area contributed by atoms with Crippen molar-refractivity contribution in [3.8, 4) is 28.5 Å². The summed E-state index contributed by atoms with van der Waals surface area (Å²) in [6, 6.07) is 33.1. The van der Waals surface area contributed by atoms with E-state index in [1.54, 1.807) is 6.20 Å². The van der Waals surface area contributed by atoms with Gasteiger partial charge in [-0.1, -0.05) is 48.5 Å². The molecule has 1 aliphatic rings. The van der Waals surface area contributed by atoms with Crippen LogP contribution in [0.2, 0.25) is 0 Å². The molecule has 0 atom stereocenters. The molecule has 0 saturated carbocycles. The highest BCUT2D eigenvalue weighted by molar-refractivity contribution is 6.13. The van der Waals surface area contributed by atoms with Crippen molar-refractivity contribution in [3.63, 3.8) is 0 Å². The molecule has 1 aliphatic heterocycles. The molecule has 1 amide bonds. The van der Waals surface area contributed by atoms with Crippen molar-refractivity contribution in [2.24, 2.45) is 0 Å². The second-order valence-corrected chi connectivity index (χ2v) is 8.78. The van der Waals surface area contributed by atoms with Gasteiger partial charge in [-0.3, -0.25) is 9.36 Å². The van der Waals surface area contributed by atoms with Crippen LogP contribution in [-0.4, -0.2) is 25.7 Å². The van der Waals surface area contributed by atoms with E-state index in [9.17, 15) is 4.79 Å². The van der Waals surface area contributed by atoms with Gasteiger partial charge in [0.25, 0.3) is 5.91 Å². The summed E-state index contributed by atoms with van der Waals surface area (Å²) in [7, 11) is 0. The third-order valence-electron chi connectivity index (χ3n) is 6.55. The third-order valence-corrected chi connectivity index (χ3v) is 6.55. The van der Waals surface area contributed by atoms with E-state index in [-0.39, 0.29) is 5.91 Å². The molecular formula is C30H20N6O. The van der Waals surface area contributed by atoms with Crippen molar-refractivity contribution >= 4 is 33.9 Å². The molecule has 3 heterocycles. The number of nitrogens with zero attached hydrogens (tertiary/aromatic N) is 4. The van der Waals surface area contributed by atoms with E-state index < -0.39 is 0 Å². The molecular weight excluding hydrogens is 460 g/mol. The van der Waals surface area contributed by atoms with Gasteiger partial charge < -0.3 is 10.6 Å². The Morgan fingerprint density at radius 1 is 0.757 bits per heavy atom. The molecule has 0 saturated heterocycles. The van der Waals surface area contributed by atoms with E-state index in [0.29, 0.717) is 17.1 Å². The maximum atomic E-state index is 13.1.